The highest BCUT2D eigenvalue weighted by molar-refractivity contribution is 6.06. The van der Waals surface area contributed by atoms with E-state index in [9.17, 15) is 9.90 Å². The van der Waals surface area contributed by atoms with Crippen LogP contribution in [0.15, 0.2) is 87.5 Å². The maximum atomic E-state index is 12.2. The molecule has 32 heavy (non-hydrogen) atoms. The molecule has 4 aliphatic rings. The van der Waals surface area contributed by atoms with Gasteiger partial charge < -0.3 is 14.7 Å². The van der Waals surface area contributed by atoms with E-state index in [4.69, 9.17) is 4.74 Å². The SMILES string of the molecule is CCN=C1C=CC2=C(C3C=CC(C)=CC3C(=O)O)C3CC=C(N(CC)CC)C=C3OC2=C1. The number of hydrogen-bond donors (Lipinski definition) is 1. The average molecular weight is 433 g/mol. The van der Waals surface area contributed by atoms with E-state index in [1.54, 1.807) is 0 Å². The topological polar surface area (TPSA) is 62.1 Å². The third kappa shape index (κ3) is 4.04. The van der Waals surface area contributed by atoms with Crippen molar-refractivity contribution in [1.82, 2.24) is 4.90 Å². The number of nitrogens with zero attached hydrogens (tertiary/aromatic N) is 2. The molecule has 0 radical (unpaired) electrons. The number of ether oxygens (including phenoxy) is 1. The van der Waals surface area contributed by atoms with E-state index in [0.29, 0.717) is 6.54 Å². The smallest absolute Gasteiger partial charge is 0.311 e. The Morgan fingerprint density at radius 3 is 2.66 bits per heavy atom. The Kier molecular flexibility index (Phi) is 6.35. The zero-order valence-corrected chi connectivity index (χ0v) is 19.3. The first kappa shape index (κ1) is 22.1. The van der Waals surface area contributed by atoms with Crippen molar-refractivity contribution in [2.24, 2.45) is 22.7 Å². The molecule has 5 nitrogen and oxygen atoms in total. The van der Waals surface area contributed by atoms with Crippen LogP contribution < -0.4 is 0 Å². The largest absolute Gasteiger partial charge is 0.481 e. The Balaban J connectivity index is 1.83. The summed E-state index contributed by atoms with van der Waals surface area (Å²) in [4.78, 5) is 19.1. The molecule has 0 aromatic rings. The monoisotopic (exact) mass is 432 g/mol. The first-order valence-electron chi connectivity index (χ1n) is 11.6. The molecule has 0 aromatic carbocycles. The Labute approximate surface area is 190 Å². The van der Waals surface area contributed by atoms with E-state index in [-0.39, 0.29) is 11.8 Å². The summed E-state index contributed by atoms with van der Waals surface area (Å²) in [7, 11) is 0. The second kappa shape index (κ2) is 9.19. The lowest BCUT2D eigenvalue weighted by Gasteiger charge is -2.40. The highest BCUT2D eigenvalue weighted by Crippen LogP contribution is 2.48. The minimum Gasteiger partial charge on any atom is -0.481 e. The van der Waals surface area contributed by atoms with Gasteiger partial charge in [-0.1, -0.05) is 29.9 Å². The summed E-state index contributed by atoms with van der Waals surface area (Å²) in [6, 6.07) is 0. The van der Waals surface area contributed by atoms with Gasteiger partial charge in [0.1, 0.15) is 11.5 Å². The van der Waals surface area contributed by atoms with Crippen LogP contribution in [0.2, 0.25) is 0 Å². The van der Waals surface area contributed by atoms with Gasteiger partial charge in [-0.15, -0.1) is 0 Å². The molecule has 0 fully saturated rings. The van der Waals surface area contributed by atoms with Gasteiger partial charge in [-0.05, 0) is 51.8 Å². The summed E-state index contributed by atoms with van der Waals surface area (Å²) < 4.78 is 6.46. The first-order valence-corrected chi connectivity index (χ1v) is 11.6. The Morgan fingerprint density at radius 1 is 1.19 bits per heavy atom. The fourth-order valence-corrected chi connectivity index (χ4v) is 5.03. The lowest BCUT2D eigenvalue weighted by atomic mass is 9.70. The zero-order chi connectivity index (χ0) is 22.8. The Hall–Kier alpha value is -3.08. The molecular weight excluding hydrogens is 400 g/mol. The Morgan fingerprint density at radius 2 is 1.97 bits per heavy atom. The van der Waals surface area contributed by atoms with Crippen LogP contribution in [0.4, 0.5) is 0 Å². The summed E-state index contributed by atoms with van der Waals surface area (Å²) in [5, 5.41) is 10.0. The Bertz CT molecular complexity index is 1040. The van der Waals surface area contributed by atoms with Crippen LogP contribution >= 0.6 is 0 Å². The number of carbonyl (C=O) groups is 1. The van der Waals surface area contributed by atoms with Crippen molar-refractivity contribution in [3.05, 3.63) is 82.5 Å². The molecule has 1 N–H and O–H groups in total. The molecule has 3 unspecified atom stereocenters. The minimum atomic E-state index is -0.794. The minimum absolute atomic E-state index is 0.0269. The molecule has 0 saturated carbocycles. The van der Waals surface area contributed by atoms with Gasteiger partial charge >= 0.3 is 5.97 Å². The number of aliphatic imine (C=N–C) groups is 1. The number of carboxylic acid groups (broad SMARTS) is 1. The standard InChI is InChI=1S/C27H32N2O3/c1-5-28-18-9-12-21-24(15-18)32-25-16-19(29(6-2)7-3)10-13-22(25)26(21)20-11-8-17(4)14-23(20)27(30)31/h8-12,14-16,20,22-23H,5-7,13H2,1-4H3,(H,30,31). The zero-order valence-electron chi connectivity index (χ0n) is 19.3. The van der Waals surface area contributed by atoms with Crippen LogP contribution in [-0.4, -0.2) is 41.3 Å². The van der Waals surface area contributed by atoms with Crippen LogP contribution in [0.25, 0.3) is 0 Å². The van der Waals surface area contributed by atoms with Crippen molar-refractivity contribution in [3.63, 3.8) is 0 Å². The van der Waals surface area contributed by atoms with Crippen LogP contribution in [0.5, 0.6) is 0 Å². The predicted octanol–water partition coefficient (Wildman–Crippen LogP) is 5.19. The summed E-state index contributed by atoms with van der Waals surface area (Å²) in [6.45, 7) is 10.8. The second-order valence-electron chi connectivity index (χ2n) is 8.51. The first-order chi connectivity index (χ1) is 15.5. The fraction of sp³-hybridized carbons (Fsp3) is 0.407. The lowest BCUT2D eigenvalue weighted by molar-refractivity contribution is -0.141. The van der Waals surface area contributed by atoms with Gasteiger partial charge in [-0.25, -0.2) is 0 Å². The molecule has 1 aliphatic heterocycles. The average Bonchev–Trinajstić information content (AvgIpc) is 2.78. The van der Waals surface area contributed by atoms with Gasteiger partial charge in [-0.3, -0.25) is 9.79 Å². The van der Waals surface area contributed by atoms with Crippen molar-refractivity contribution in [2.75, 3.05) is 19.6 Å². The normalized spacial score (nSPS) is 27.6. The fourth-order valence-electron chi connectivity index (χ4n) is 5.03. The van der Waals surface area contributed by atoms with Crippen molar-refractivity contribution in [3.8, 4) is 0 Å². The predicted molar refractivity (Wildman–Crippen MR) is 128 cm³/mol. The second-order valence-corrected chi connectivity index (χ2v) is 8.51. The number of rotatable bonds is 6. The molecular formula is C27H32N2O3. The van der Waals surface area contributed by atoms with E-state index in [0.717, 1.165) is 53.5 Å². The molecule has 0 saturated heterocycles. The van der Waals surface area contributed by atoms with E-state index in [2.05, 4.69) is 48.0 Å². The molecule has 0 bridgehead atoms. The molecule has 0 spiro atoms. The maximum Gasteiger partial charge on any atom is 0.311 e. The summed E-state index contributed by atoms with van der Waals surface area (Å²) in [5.74, 6) is 0.0905. The third-order valence-corrected chi connectivity index (χ3v) is 6.59. The van der Waals surface area contributed by atoms with Gasteiger partial charge in [0.25, 0.3) is 0 Å². The summed E-state index contributed by atoms with van der Waals surface area (Å²) in [6.07, 6.45) is 17.2. The highest BCUT2D eigenvalue weighted by Gasteiger charge is 2.41. The quantitative estimate of drug-likeness (QED) is 0.627. The van der Waals surface area contributed by atoms with Gasteiger partial charge in [0.2, 0.25) is 0 Å². The number of likely N-dealkylation sites (N-methyl/N-ethyl adjacent to an activating group) is 1. The van der Waals surface area contributed by atoms with Crippen LogP contribution in [0.3, 0.4) is 0 Å². The van der Waals surface area contributed by atoms with Crippen molar-refractivity contribution in [1.29, 1.82) is 0 Å². The van der Waals surface area contributed by atoms with Gasteiger partial charge in [0.15, 0.2) is 0 Å². The van der Waals surface area contributed by atoms with E-state index in [1.165, 1.54) is 5.70 Å². The number of fused-ring (bicyclic) bond motifs is 2. The molecule has 0 aromatic heterocycles. The van der Waals surface area contributed by atoms with E-state index in [1.807, 2.05) is 38.2 Å². The highest BCUT2D eigenvalue weighted by atomic mass is 16.5. The molecule has 3 aliphatic carbocycles. The van der Waals surface area contributed by atoms with Gasteiger partial charge in [-0.2, -0.15) is 0 Å². The van der Waals surface area contributed by atoms with Crippen molar-refractivity contribution >= 4 is 11.7 Å². The summed E-state index contributed by atoms with van der Waals surface area (Å²) >= 11 is 0. The van der Waals surface area contributed by atoms with Gasteiger partial charge in [0, 0.05) is 54.9 Å². The number of hydrogen-bond acceptors (Lipinski definition) is 4. The molecule has 5 heteroatoms. The number of allylic oxidation sites excluding steroid dienone is 9. The van der Waals surface area contributed by atoms with Gasteiger partial charge in [0.05, 0.1) is 11.6 Å². The van der Waals surface area contributed by atoms with E-state index < -0.39 is 11.9 Å². The third-order valence-electron chi connectivity index (χ3n) is 6.59. The molecule has 168 valence electrons. The van der Waals surface area contributed by atoms with E-state index >= 15 is 0 Å². The van der Waals surface area contributed by atoms with Crippen LogP contribution in [0, 0.1) is 17.8 Å². The molecule has 1 heterocycles. The van der Waals surface area contributed by atoms with Crippen LogP contribution in [0.1, 0.15) is 34.1 Å². The summed E-state index contributed by atoms with van der Waals surface area (Å²) in [5.41, 5.74) is 5.16. The van der Waals surface area contributed by atoms with Crippen molar-refractivity contribution in [2.45, 2.75) is 34.1 Å². The number of carboxylic acids is 1. The molecule has 0 amide bonds. The van der Waals surface area contributed by atoms with Crippen molar-refractivity contribution < 1.29 is 14.6 Å². The van der Waals surface area contributed by atoms with Crippen LogP contribution in [-0.2, 0) is 9.53 Å². The lowest BCUT2D eigenvalue weighted by Crippen LogP contribution is -2.33. The molecule has 3 atom stereocenters. The number of aliphatic carboxylic acids is 1. The molecule has 4 rings (SSSR count). The maximum absolute atomic E-state index is 12.2.